The van der Waals surface area contributed by atoms with Crippen LogP contribution in [-0.4, -0.2) is 22.1 Å². The van der Waals surface area contributed by atoms with Gasteiger partial charge in [-0.25, -0.2) is 20.3 Å². The van der Waals surface area contributed by atoms with Gasteiger partial charge in [0.1, 0.15) is 0 Å². The van der Waals surface area contributed by atoms with Crippen molar-refractivity contribution >= 4 is 0 Å². The fraction of sp³-hybridized carbons (Fsp3) is 1.00. The van der Waals surface area contributed by atoms with Gasteiger partial charge in [0.05, 0.1) is 0 Å². The molecular weight excluding hydrogens is 312 g/mol. The molecule has 0 aromatic rings. The Morgan fingerprint density at radius 2 is 0.792 bits per heavy atom. The summed E-state index contributed by atoms with van der Waals surface area (Å²) in [5, 5.41) is 19.3. The third kappa shape index (κ3) is 4.68. The first-order chi connectivity index (χ1) is 11.3. The number of rotatable bonds is 13. The van der Waals surface area contributed by atoms with Crippen LogP contribution in [0, 0.1) is 23.7 Å². The molecule has 0 aliphatic carbocycles. The second-order valence-electron chi connectivity index (χ2n) is 7.03. The fourth-order valence-electron chi connectivity index (χ4n) is 2.96. The number of hydrogen-bond donors (Lipinski definition) is 2. The molecule has 6 nitrogen and oxygen atoms in total. The van der Waals surface area contributed by atoms with Crippen LogP contribution >= 0.6 is 0 Å². The van der Waals surface area contributed by atoms with Gasteiger partial charge in [0.2, 0.25) is 11.6 Å². The van der Waals surface area contributed by atoms with Crippen LogP contribution < -0.4 is 0 Å². The van der Waals surface area contributed by atoms with Gasteiger partial charge in [0.15, 0.2) is 0 Å². The van der Waals surface area contributed by atoms with Gasteiger partial charge < -0.3 is 0 Å². The zero-order valence-electron chi connectivity index (χ0n) is 16.7. The molecule has 0 radical (unpaired) electrons. The van der Waals surface area contributed by atoms with Crippen molar-refractivity contribution < 1.29 is 30.1 Å². The van der Waals surface area contributed by atoms with E-state index in [1.807, 2.05) is 55.4 Å². The molecule has 4 unspecified atom stereocenters. The molecule has 0 aliphatic rings. The Labute approximate surface area is 147 Å². The van der Waals surface area contributed by atoms with Crippen molar-refractivity contribution in [2.75, 3.05) is 0 Å². The highest BCUT2D eigenvalue weighted by Crippen LogP contribution is 2.41. The highest BCUT2D eigenvalue weighted by Gasteiger charge is 2.51. The summed E-state index contributed by atoms with van der Waals surface area (Å²) in [5.41, 5.74) is 0. The predicted molar refractivity (Wildman–Crippen MR) is 92.9 cm³/mol. The fourth-order valence-corrected chi connectivity index (χ4v) is 2.96. The summed E-state index contributed by atoms with van der Waals surface area (Å²) in [4.78, 5) is 21.1. The third-order valence-electron chi connectivity index (χ3n) is 5.78. The maximum atomic E-state index is 9.63. The van der Waals surface area contributed by atoms with Crippen LogP contribution in [0.4, 0.5) is 0 Å². The molecule has 0 bridgehead atoms. The minimum Gasteiger partial charge on any atom is -0.249 e. The van der Waals surface area contributed by atoms with Crippen molar-refractivity contribution in [3.8, 4) is 0 Å². The summed E-state index contributed by atoms with van der Waals surface area (Å²) in [6, 6.07) is 0. The topological polar surface area (TPSA) is 77.4 Å². The molecule has 0 saturated carbocycles. The van der Waals surface area contributed by atoms with Gasteiger partial charge in [-0.3, -0.25) is 0 Å². The van der Waals surface area contributed by atoms with E-state index in [1.165, 1.54) is 0 Å². The SMILES string of the molecule is CCC(C)C(OO)(OOC(OO)(C(C)CC)C(C)CC)C(C)CC. The molecule has 24 heavy (non-hydrogen) atoms. The summed E-state index contributed by atoms with van der Waals surface area (Å²) in [7, 11) is 0. The van der Waals surface area contributed by atoms with Crippen LogP contribution in [0.1, 0.15) is 81.1 Å². The van der Waals surface area contributed by atoms with Gasteiger partial charge in [-0.1, -0.05) is 55.4 Å². The second kappa shape index (κ2) is 10.7. The summed E-state index contributed by atoms with van der Waals surface area (Å²) in [5.74, 6) is -3.14. The van der Waals surface area contributed by atoms with E-state index in [1.54, 1.807) is 0 Å². The summed E-state index contributed by atoms with van der Waals surface area (Å²) in [6.07, 6.45) is 2.92. The predicted octanol–water partition coefficient (Wildman–Crippen LogP) is 5.49. The van der Waals surface area contributed by atoms with Gasteiger partial charge in [-0.15, -0.1) is 0 Å². The van der Waals surface area contributed by atoms with Crippen molar-refractivity contribution in [1.29, 1.82) is 0 Å². The molecule has 4 atom stereocenters. The molecular formula is C18H38O6. The molecule has 2 N–H and O–H groups in total. The van der Waals surface area contributed by atoms with Crippen molar-refractivity contribution in [3.63, 3.8) is 0 Å². The van der Waals surface area contributed by atoms with Gasteiger partial charge >= 0.3 is 0 Å². The maximum absolute atomic E-state index is 9.63. The van der Waals surface area contributed by atoms with Crippen molar-refractivity contribution in [2.45, 2.75) is 92.6 Å². The van der Waals surface area contributed by atoms with Crippen LogP contribution in [0.15, 0.2) is 0 Å². The Morgan fingerprint density at radius 3 is 0.917 bits per heavy atom. The van der Waals surface area contributed by atoms with E-state index in [9.17, 15) is 10.5 Å². The molecule has 146 valence electrons. The number of hydrogen-bond acceptors (Lipinski definition) is 6. The smallest absolute Gasteiger partial charge is 0.238 e. The van der Waals surface area contributed by atoms with Crippen LogP contribution in [0.25, 0.3) is 0 Å². The molecule has 0 amide bonds. The lowest BCUT2D eigenvalue weighted by Crippen LogP contribution is -2.54. The lowest BCUT2D eigenvalue weighted by atomic mass is 9.85. The zero-order valence-corrected chi connectivity index (χ0v) is 16.7. The van der Waals surface area contributed by atoms with Gasteiger partial charge in [-0.2, -0.15) is 9.78 Å². The minimum atomic E-state index is -1.33. The van der Waals surface area contributed by atoms with E-state index in [4.69, 9.17) is 19.6 Å². The van der Waals surface area contributed by atoms with Gasteiger partial charge in [0.25, 0.3) is 0 Å². The highest BCUT2D eigenvalue weighted by molar-refractivity contribution is 4.82. The molecule has 0 fully saturated rings. The quantitative estimate of drug-likeness (QED) is 0.260. The highest BCUT2D eigenvalue weighted by atomic mass is 17.3. The van der Waals surface area contributed by atoms with E-state index in [-0.39, 0.29) is 23.7 Å². The van der Waals surface area contributed by atoms with Crippen LogP contribution in [0.2, 0.25) is 0 Å². The lowest BCUT2D eigenvalue weighted by Gasteiger charge is -2.44. The van der Waals surface area contributed by atoms with Gasteiger partial charge in [0, 0.05) is 23.7 Å². The van der Waals surface area contributed by atoms with Crippen LogP contribution in [0.3, 0.4) is 0 Å². The Morgan fingerprint density at radius 1 is 0.583 bits per heavy atom. The first-order valence-corrected chi connectivity index (χ1v) is 9.27. The van der Waals surface area contributed by atoms with E-state index >= 15 is 0 Å². The molecule has 0 spiro atoms. The first kappa shape index (κ1) is 23.8. The summed E-state index contributed by atoms with van der Waals surface area (Å²) < 4.78 is 0. The molecule has 0 heterocycles. The largest absolute Gasteiger partial charge is 0.249 e. The first-order valence-electron chi connectivity index (χ1n) is 9.27. The molecule has 6 heteroatoms. The molecule has 0 aromatic heterocycles. The molecule has 0 rings (SSSR count). The molecule has 0 aliphatic heterocycles. The Hall–Kier alpha value is -0.240. The summed E-state index contributed by atoms with van der Waals surface area (Å²) >= 11 is 0. The standard InChI is InChI=1S/C18H38O6/c1-9-13(5)17(21-19,14(6)10-2)23-24-18(22-20,15(7)11-3)16(8)12-4/h13-16,19-20H,9-12H2,1-8H3. The van der Waals surface area contributed by atoms with E-state index in [2.05, 4.69) is 0 Å². The monoisotopic (exact) mass is 350 g/mol. The Balaban J connectivity index is 5.67. The second-order valence-corrected chi connectivity index (χ2v) is 7.03. The Bertz CT molecular complexity index is 283. The van der Waals surface area contributed by atoms with E-state index in [0.29, 0.717) is 0 Å². The maximum Gasteiger partial charge on any atom is 0.238 e. The van der Waals surface area contributed by atoms with Crippen molar-refractivity contribution in [3.05, 3.63) is 0 Å². The minimum absolute atomic E-state index is 0.122. The van der Waals surface area contributed by atoms with Gasteiger partial charge in [-0.05, 0) is 25.7 Å². The Kier molecular flexibility index (Phi) is 10.6. The molecule has 0 aromatic carbocycles. The van der Waals surface area contributed by atoms with Crippen LogP contribution in [0.5, 0.6) is 0 Å². The van der Waals surface area contributed by atoms with E-state index < -0.39 is 11.6 Å². The van der Waals surface area contributed by atoms with Crippen molar-refractivity contribution in [1.82, 2.24) is 0 Å². The lowest BCUT2D eigenvalue weighted by molar-refractivity contribution is -0.598. The van der Waals surface area contributed by atoms with Crippen molar-refractivity contribution in [2.24, 2.45) is 23.7 Å². The normalized spacial score (nSPS) is 22.2. The average molecular weight is 350 g/mol. The van der Waals surface area contributed by atoms with Crippen LogP contribution in [-0.2, 0) is 19.6 Å². The summed E-state index contributed by atoms with van der Waals surface area (Å²) in [6.45, 7) is 15.7. The molecule has 0 saturated heterocycles. The zero-order chi connectivity index (χ0) is 19.0. The average Bonchev–Trinajstić information content (AvgIpc) is 2.63. The third-order valence-corrected chi connectivity index (χ3v) is 5.78. The van der Waals surface area contributed by atoms with E-state index in [0.717, 1.165) is 25.7 Å².